The zero-order valence-corrected chi connectivity index (χ0v) is 12.7. The number of rotatable bonds is 3. The molecule has 0 atom stereocenters. The van der Waals surface area contributed by atoms with Crippen LogP contribution >= 0.6 is 0 Å². The highest BCUT2D eigenvalue weighted by atomic mass is 19.1. The van der Waals surface area contributed by atoms with E-state index in [1.54, 1.807) is 45.0 Å². The number of nitriles is 1. The van der Waals surface area contributed by atoms with Crippen molar-refractivity contribution < 1.29 is 13.6 Å². The van der Waals surface area contributed by atoms with E-state index in [9.17, 15) is 9.18 Å². The number of benzene rings is 1. The van der Waals surface area contributed by atoms with Gasteiger partial charge in [-0.25, -0.2) is 4.39 Å². The third-order valence-electron chi connectivity index (χ3n) is 3.09. The Morgan fingerprint density at radius 3 is 2.36 bits per heavy atom. The number of furan rings is 1. The molecule has 0 saturated carbocycles. The maximum atomic E-state index is 12.9. The van der Waals surface area contributed by atoms with Crippen LogP contribution in [0.3, 0.4) is 0 Å². The highest BCUT2D eigenvalue weighted by Crippen LogP contribution is 2.25. The van der Waals surface area contributed by atoms with Crippen LogP contribution in [-0.4, -0.2) is 5.78 Å². The van der Waals surface area contributed by atoms with Gasteiger partial charge < -0.3 is 4.42 Å². The van der Waals surface area contributed by atoms with Crippen LogP contribution in [0.5, 0.6) is 0 Å². The van der Waals surface area contributed by atoms with E-state index in [0.29, 0.717) is 11.5 Å². The summed E-state index contributed by atoms with van der Waals surface area (Å²) in [6, 6.07) is 11.2. The number of nitrogens with zero attached hydrogens (tertiary/aromatic N) is 1. The minimum atomic E-state index is -0.631. The van der Waals surface area contributed by atoms with Crippen molar-refractivity contribution in [1.82, 2.24) is 0 Å². The van der Waals surface area contributed by atoms with Crippen molar-refractivity contribution in [3.8, 4) is 17.4 Å². The van der Waals surface area contributed by atoms with Crippen LogP contribution in [0.25, 0.3) is 17.4 Å². The van der Waals surface area contributed by atoms with Crippen molar-refractivity contribution >= 4 is 11.9 Å². The molecule has 1 heterocycles. The van der Waals surface area contributed by atoms with E-state index in [1.165, 1.54) is 18.2 Å². The molecule has 0 unspecified atom stereocenters. The SMILES string of the molecule is CC(C)(C)C(=O)C(C#N)=Cc1ccc(-c2ccc(F)cc2)o1. The Labute approximate surface area is 128 Å². The fourth-order valence-corrected chi connectivity index (χ4v) is 1.89. The van der Waals surface area contributed by atoms with Gasteiger partial charge >= 0.3 is 0 Å². The van der Waals surface area contributed by atoms with Gasteiger partial charge in [0.05, 0.1) is 5.57 Å². The van der Waals surface area contributed by atoms with E-state index in [0.717, 1.165) is 5.56 Å². The summed E-state index contributed by atoms with van der Waals surface area (Å²) in [7, 11) is 0. The molecule has 22 heavy (non-hydrogen) atoms. The summed E-state index contributed by atoms with van der Waals surface area (Å²) in [6.07, 6.45) is 1.43. The van der Waals surface area contributed by atoms with Gasteiger partial charge in [-0.1, -0.05) is 20.8 Å². The Morgan fingerprint density at radius 1 is 1.18 bits per heavy atom. The van der Waals surface area contributed by atoms with Gasteiger partial charge in [0.1, 0.15) is 23.4 Å². The van der Waals surface area contributed by atoms with E-state index in [4.69, 9.17) is 9.68 Å². The summed E-state index contributed by atoms with van der Waals surface area (Å²) in [4.78, 5) is 12.1. The van der Waals surface area contributed by atoms with Crippen LogP contribution in [0, 0.1) is 22.6 Å². The molecule has 0 N–H and O–H groups in total. The first-order valence-electron chi connectivity index (χ1n) is 6.83. The van der Waals surface area contributed by atoms with Crippen LogP contribution in [-0.2, 0) is 4.79 Å². The average molecular weight is 297 g/mol. The quantitative estimate of drug-likeness (QED) is 0.614. The topological polar surface area (TPSA) is 54.0 Å². The predicted molar refractivity (Wildman–Crippen MR) is 82.2 cm³/mol. The van der Waals surface area contributed by atoms with Gasteiger partial charge in [-0.05, 0) is 36.4 Å². The minimum Gasteiger partial charge on any atom is -0.457 e. The Kier molecular flexibility index (Phi) is 4.27. The molecule has 2 aromatic rings. The van der Waals surface area contributed by atoms with E-state index < -0.39 is 5.41 Å². The summed E-state index contributed by atoms with van der Waals surface area (Å²) >= 11 is 0. The molecule has 0 radical (unpaired) electrons. The second-order valence-electron chi connectivity index (χ2n) is 5.96. The maximum Gasteiger partial charge on any atom is 0.178 e. The first kappa shape index (κ1) is 15.7. The molecule has 0 aliphatic carbocycles. The number of Topliss-reactive ketones (excluding diaryl/α,β-unsaturated/α-hetero) is 1. The maximum absolute atomic E-state index is 12.9. The normalized spacial score (nSPS) is 12.0. The molecular formula is C18H16FNO2. The lowest BCUT2D eigenvalue weighted by molar-refractivity contribution is -0.121. The van der Waals surface area contributed by atoms with Crippen molar-refractivity contribution in [2.75, 3.05) is 0 Å². The summed E-state index contributed by atoms with van der Waals surface area (Å²) in [6.45, 7) is 5.27. The van der Waals surface area contributed by atoms with E-state index in [2.05, 4.69) is 0 Å². The van der Waals surface area contributed by atoms with Gasteiger partial charge in [-0.15, -0.1) is 0 Å². The Hall–Kier alpha value is -2.67. The number of carbonyl (C=O) groups excluding carboxylic acids is 1. The summed E-state index contributed by atoms with van der Waals surface area (Å²) in [5.41, 5.74) is 0.141. The van der Waals surface area contributed by atoms with Gasteiger partial charge in [0, 0.05) is 17.1 Å². The zero-order chi connectivity index (χ0) is 16.3. The number of hydrogen-bond donors (Lipinski definition) is 0. The monoisotopic (exact) mass is 297 g/mol. The van der Waals surface area contributed by atoms with Crippen molar-refractivity contribution in [3.05, 3.63) is 53.5 Å². The largest absolute Gasteiger partial charge is 0.457 e. The Bertz CT molecular complexity index is 756. The number of allylic oxidation sites excluding steroid dienone is 1. The molecule has 0 fully saturated rings. The predicted octanol–water partition coefficient (Wildman–Crippen LogP) is 4.61. The molecule has 2 rings (SSSR count). The van der Waals surface area contributed by atoms with E-state index >= 15 is 0 Å². The Morgan fingerprint density at radius 2 is 1.82 bits per heavy atom. The lowest BCUT2D eigenvalue weighted by Gasteiger charge is -2.15. The van der Waals surface area contributed by atoms with Gasteiger partial charge in [-0.2, -0.15) is 5.26 Å². The molecule has 1 aromatic heterocycles. The highest BCUT2D eigenvalue weighted by molar-refractivity contribution is 6.05. The van der Waals surface area contributed by atoms with Gasteiger partial charge in [0.15, 0.2) is 5.78 Å². The van der Waals surface area contributed by atoms with Crippen LogP contribution in [0.2, 0.25) is 0 Å². The van der Waals surface area contributed by atoms with E-state index in [-0.39, 0.29) is 17.2 Å². The molecule has 0 aliphatic rings. The van der Waals surface area contributed by atoms with Gasteiger partial charge in [-0.3, -0.25) is 4.79 Å². The second kappa shape index (κ2) is 5.98. The van der Waals surface area contributed by atoms with Crippen LogP contribution < -0.4 is 0 Å². The first-order valence-corrected chi connectivity index (χ1v) is 6.83. The summed E-state index contributed by atoms with van der Waals surface area (Å²) in [5.74, 6) is 0.396. The van der Waals surface area contributed by atoms with Crippen LogP contribution in [0.15, 0.2) is 46.4 Å². The zero-order valence-electron chi connectivity index (χ0n) is 12.7. The molecule has 0 aliphatic heterocycles. The van der Waals surface area contributed by atoms with Gasteiger partial charge in [0.2, 0.25) is 0 Å². The molecule has 0 saturated heterocycles. The molecule has 0 bridgehead atoms. The smallest absolute Gasteiger partial charge is 0.178 e. The molecule has 0 spiro atoms. The Balaban J connectivity index is 2.31. The lowest BCUT2D eigenvalue weighted by atomic mass is 9.86. The number of hydrogen-bond acceptors (Lipinski definition) is 3. The van der Waals surface area contributed by atoms with Crippen LogP contribution in [0.1, 0.15) is 26.5 Å². The number of ketones is 1. The first-order chi connectivity index (χ1) is 10.3. The fourth-order valence-electron chi connectivity index (χ4n) is 1.89. The van der Waals surface area contributed by atoms with Crippen molar-refractivity contribution in [2.45, 2.75) is 20.8 Å². The van der Waals surface area contributed by atoms with Crippen molar-refractivity contribution in [2.24, 2.45) is 5.41 Å². The third-order valence-corrected chi connectivity index (χ3v) is 3.09. The van der Waals surface area contributed by atoms with Crippen LogP contribution in [0.4, 0.5) is 4.39 Å². The second-order valence-corrected chi connectivity index (χ2v) is 5.96. The number of carbonyl (C=O) groups is 1. The van der Waals surface area contributed by atoms with Crippen molar-refractivity contribution in [3.63, 3.8) is 0 Å². The van der Waals surface area contributed by atoms with Crippen molar-refractivity contribution in [1.29, 1.82) is 5.26 Å². The average Bonchev–Trinajstić information content (AvgIpc) is 2.92. The minimum absolute atomic E-state index is 0.0486. The molecular weight excluding hydrogens is 281 g/mol. The molecule has 4 heteroatoms. The van der Waals surface area contributed by atoms with E-state index in [1.807, 2.05) is 6.07 Å². The summed E-state index contributed by atoms with van der Waals surface area (Å²) in [5, 5.41) is 9.15. The van der Waals surface area contributed by atoms with Gasteiger partial charge in [0.25, 0.3) is 0 Å². The lowest BCUT2D eigenvalue weighted by Crippen LogP contribution is -2.21. The number of halogens is 1. The third kappa shape index (κ3) is 3.50. The fraction of sp³-hybridized carbons (Fsp3) is 0.222. The molecule has 0 amide bonds. The molecule has 112 valence electrons. The molecule has 1 aromatic carbocycles. The standard InChI is InChI=1S/C18H16FNO2/c1-18(2,3)17(21)13(11-20)10-15-8-9-16(22-15)12-4-6-14(19)7-5-12/h4-10H,1-3H3. The highest BCUT2D eigenvalue weighted by Gasteiger charge is 2.25. The summed E-state index contributed by atoms with van der Waals surface area (Å²) < 4.78 is 18.5. The molecule has 3 nitrogen and oxygen atoms in total.